The highest BCUT2D eigenvalue weighted by atomic mass is 79.9. The molecule has 106 valence electrons. The van der Waals surface area contributed by atoms with Crippen LogP contribution in [0.2, 0.25) is 0 Å². The fourth-order valence-corrected chi connectivity index (χ4v) is 2.41. The molecule has 1 aliphatic rings. The smallest absolute Gasteiger partial charge is 0.268 e. The molecule has 1 saturated carbocycles. The van der Waals surface area contributed by atoms with Gasteiger partial charge >= 0.3 is 0 Å². The molecule has 1 amide bonds. The number of carbonyl (C=O) groups excluding carboxylic acids is 1. The van der Waals surface area contributed by atoms with Gasteiger partial charge in [0, 0.05) is 35.8 Å². The average molecular weight is 328 g/mol. The first-order valence-corrected chi connectivity index (χ1v) is 7.64. The molecule has 0 atom stereocenters. The van der Waals surface area contributed by atoms with E-state index in [4.69, 9.17) is 0 Å². The molecule has 4 nitrogen and oxygen atoms in total. The number of amides is 1. The summed E-state index contributed by atoms with van der Waals surface area (Å²) < 4.78 is 3.06. The second-order valence-corrected chi connectivity index (χ2v) is 6.43. The first-order chi connectivity index (χ1) is 8.99. The van der Waals surface area contributed by atoms with Crippen molar-refractivity contribution in [1.82, 2.24) is 14.8 Å². The summed E-state index contributed by atoms with van der Waals surface area (Å²) in [5, 5.41) is 3.00. The molecular formula is C14H22BrN3O. The molecule has 1 aromatic rings. The molecule has 1 heterocycles. The minimum atomic E-state index is 0.0229. The minimum Gasteiger partial charge on any atom is -0.349 e. The van der Waals surface area contributed by atoms with Gasteiger partial charge in [-0.25, -0.2) is 0 Å². The molecule has 0 bridgehead atoms. The number of nitrogens with one attached hydrogen (secondary N) is 1. The summed E-state index contributed by atoms with van der Waals surface area (Å²) in [7, 11) is 2.07. The molecule has 5 heteroatoms. The van der Waals surface area contributed by atoms with Crippen LogP contribution in [0.1, 0.15) is 43.2 Å². The van der Waals surface area contributed by atoms with Crippen molar-refractivity contribution in [2.45, 2.75) is 38.8 Å². The molecule has 0 unspecified atom stereocenters. The van der Waals surface area contributed by atoms with Gasteiger partial charge in [0.25, 0.3) is 5.91 Å². The number of likely N-dealkylation sites (N-methyl/N-ethyl adjacent to an activating group) is 1. The van der Waals surface area contributed by atoms with Crippen LogP contribution < -0.4 is 5.32 Å². The number of hydrogen-bond donors (Lipinski definition) is 1. The van der Waals surface area contributed by atoms with Gasteiger partial charge in [0.05, 0.1) is 0 Å². The molecule has 0 radical (unpaired) electrons. The third kappa shape index (κ3) is 3.83. The molecule has 19 heavy (non-hydrogen) atoms. The third-order valence-corrected chi connectivity index (χ3v) is 4.05. The summed E-state index contributed by atoms with van der Waals surface area (Å²) in [6.45, 7) is 5.85. The van der Waals surface area contributed by atoms with Crippen molar-refractivity contribution in [3.8, 4) is 0 Å². The summed E-state index contributed by atoms with van der Waals surface area (Å²) in [4.78, 5) is 14.4. The highest BCUT2D eigenvalue weighted by Crippen LogP contribution is 2.37. The van der Waals surface area contributed by atoms with Crippen molar-refractivity contribution >= 4 is 21.8 Å². The van der Waals surface area contributed by atoms with Crippen molar-refractivity contribution in [2.75, 3.05) is 20.1 Å². The maximum Gasteiger partial charge on any atom is 0.268 e. The van der Waals surface area contributed by atoms with E-state index in [2.05, 4.69) is 51.6 Å². The van der Waals surface area contributed by atoms with E-state index >= 15 is 0 Å². The Hall–Kier alpha value is -0.810. The van der Waals surface area contributed by atoms with Crippen LogP contribution in [0.15, 0.2) is 16.7 Å². The Morgan fingerprint density at radius 3 is 2.84 bits per heavy atom. The summed E-state index contributed by atoms with van der Waals surface area (Å²) in [6, 6.07) is 2.92. The molecule has 0 saturated heterocycles. The van der Waals surface area contributed by atoms with Crippen LogP contribution in [-0.4, -0.2) is 41.6 Å². The molecular weight excluding hydrogens is 306 g/mol. The number of rotatable bonds is 6. The van der Waals surface area contributed by atoms with Crippen molar-refractivity contribution in [2.24, 2.45) is 0 Å². The molecule has 1 N–H and O–H groups in total. The monoisotopic (exact) mass is 327 g/mol. The normalized spacial score (nSPS) is 15.3. The molecule has 1 fully saturated rings. The Morgan fingerprint density at radius 1 is 1.58 bits per heavy atom. The number of carbonyl (C=O) groups is 1. The fraction of sp³-hybridized carbons (Fsp3) is 0.643. The van der Waals surface area contributed by atoms with E-state index < -0.39 is 0 Å². The van der Waals surface area contributed by atoms with Crippen LogP contribution in [-0.2, 0) is 0 Å². The second-order valence-electron chi connectivity index (χ2n) is 5.51. The molecule has 0 aliphatic heterocycles. The Bertz CT molecular complexity index is 452. The largest absolute Gasteiger partial charge is 0.349 e. The van der Waals surface area contributed by atoms with Gasteiger partial charge in [0.1, 0.15) is 5.69 Å². The van der Waals surface area contributed by atoms with Crippen LogP contribution in [0.5, 0.6) is 0 Å². The van der Waals surface area contributed by atoms with E-state index in [1.165, 1.54) is 12.8 Å². The zero-order chi connectivity index (χ0) is 14.0. The topological polar surface area (TPSA) is 37.3 Å². The lowest BCUT2D eigenvalue weighted by molar-refractivity contribution is 0.0938. The van der Waals surface area contributed by atoms with E-state index in [1.807, 2.05) is 12.3 Å². The lowest BCUT2D eigenvalue weighted by atomic mass is 10.3. The molecule has 2 rings (SSSR count). The number of hydrogen-bond acceptors (Lipinski definition) is 2. The van der Waals surface area contributed by atoms with Crippen molar-refractivity contribution in [1.29, 1.82) is 0 Å². The van der Waals surface area contributed by atoms with E-state index in [0.29, 0.717) is 18.6 Å². The molecule has 0 spiro atoms. The number of halogens is 1. The van der Waals surface area contributed by atoms with Crippen LogP contribution in [0.3, 0.4) is 0 Å². The summed E-state index contributed by atoms with van der Waals surface area (Å²) in [5.74, 6) is 0.0229. The standard InChI is InChI=1S/C14H22BrN3O/c1-10(2)17(3)7-6-16-14(19)13-8-11(15)9-18(13)12-4-5-12/h8-10,12H,4-7H2,1-3H3,(H,16,19). The van der Waals surface area contributed by atoms with Gasteiger partial charge in [-0.2, -0.15) is 0 Å². The lowest BCUT2D eigenvalue weighted by Crippen LogP contribution is -2.36. The van der Waals surface area contributed by atoms with Gasteiger partial charge in [-0.15, -0.1) is 0 Å². The van der Waals surface area contributed by atoms with Gasteiger partial charge < -0.3 is 14.8 Å². The second kappa shape index (κ2) is 6.09. The number of nitrogens with zero attached hydrogens (tertiary/aromatic N) is 2. The zero-order valence-corrected chi connectivity index (χ0v) is 13.4. The number of aromatic nitrogens is 1. The molecule has 1 aromatic heterocycles. The maximum absolute atomic E-state index is 12.2. The van der Waals surface area contributed by atoms with Gasteiger partial charge in [-0.05, 0) is 55.7 Å². The van der Waals surface area contributed by atoms with Gasteiger partial charge in [0.2, 0.25) is 0 Å². The molecule has 0 aromatic carbocycles. The molecule has 1 aliphatic carbocycles. The Labute approximate surface area is 123 Å². The van der Waals surface area contributed by atoms with E-state index in [9.17, 15) is 4.79 Å². The van der Waals surface area contributed by atoms with E-state index in [0.717, 1.165) is 16.7 Å². The Balaban J connectivity index is 1.89. The zero-order valence-electron chi connectivity index (χ0n) is 11.8. The predicted molar refractivity (Wildman–Crippen MR) is 80.5 cm³/mol. The summed E-state index contributed by atoms with van der Waals surface area (Å²) in [5.41, 5.74) is 0.765. The van der Waals surface area contributed by atoms with Gasteiger partial charge in [0.15, 0.2) is 0 Å². The Morgan fingerprint density at radius 2 is 2.26 bits per heavy atom. The van der Waals surface area contributed by atoms with Crippen LogP contribution in [0.25, 0.3) is 0 Å². The minimum absolute atomic E-state index is 0.0229. The van der Waals surface area contributed by atoms with Gasteiger partial charge in [-0.1, -0.05) is 0 Å². The summed E-state index contributed by atoms with van der Waals surface area (Å²) in [6.07, 6.45) is 4.36. The van der Waals surface area contributed by atoms with Crippen LogP contribution in [0.4, 0.5) is 0 Å². The SMILES string of the molecule is CC(C)N(C)CCNC(=O)c1cc(Br)cn1C1CC1. The summed E-state index contributed by atoms with van der Waals surface area (Å²) >= 11 is 3.45. The highest BCUT2D eigenvalue weighted by molar-refractivity contribution is 9.10. The maximum atomic E-state index is 12.2. The van der Waals surface area contributed by atoms with Crippen molar-refractivity contribution in [3.05, 3.63) is 22.4 Å². The Kier molecular flexibility index (Phi) is 4.68. The first kappa shape index (κ1) is 14.6. The lowest BCUT2D eigenvalue weighted by Gasteiger charge is -2.21. The predicted octanol–water partition coefficient (Wildman–Crippen LogP) is 2.66. The third-order valence-electron chi connectivity index (χ3n) is 3.62. The fourth-order valence-electron chi connectivity index (χ4n) is 1.98. The van der Waals surface area contributed by atoms with E-state index in [-0.39, 0.29) is 5.91 Å². The van der Waals surface area contributed by atoms with Gasteiger partial charge in [-0.3, -0.25) is 4.79 Å². The van der Waals surface area contributed by atoms with Crippen LogP contribution >= 0.6 is 15.9 Å². The average Bonchev–Trinajstić information content (AvgIpc) is 3.12. The quantitative estimate of drug-likeness (QED) is 0.872. The van der Waals surface area contributed by atoms with Crippen molar-refractivity contribution in [3.63, 3.8) is 0 Å². The van der Waals surface area contributed by atoms with Crippen LogP contribution in [0, 0.1) is 0 Å². The van der Waals surface area contributed by atoms with E-state index in [1.54, 1.807) is 0 Å². The first-order valence-electron chi connectivity index (χ1n) is 6.85. The van der Waals surface area contributed by atoms with Crippen molar-refractivity contribution < 1.29 is 4.79 Å². The highest BCUT2D eigenvalue weighted by Gasteiger charge is 2.27.